The number of hydrogen-bond donors (Lipinski definition) is 2. The Morgan fingerprint density at radius 2 is 1.70 bits per heavy atom. The molecule has 0 fully saturated rings. The smallest absolute Gasteiger partial charge is 0.251 e. The number of nitrogens with zero attached hydrogens (tertiary/aromatic N) is 1. The molecule has 0 aliphatic heterocycles. The SMILES string of the molecule is CSCCC(NC(=O)c1ccc(Oc2ccccc2)cc1)c1nc2ccccc2[nH]1. The van der Waals surface area contributed by atoms with Crippen molar-refractivity contribution >= 4 is 28.7 Å². The predicted octanol–water partition coefficient (Wildman–Crippen LogP) is 5.58. The van der Waals surface area contributed by atoms with Crippen molar-refractivity contribution in [3.05, 3.63) is 90.3 Å². The van der Waals surface area contributed by atoms with Gasteiger partial charge in [-0.1, -0.05) is 30.3 Å². The van der Waals surface area contributed by atoms with Crippen LogP contribution in [0.4, 0.5) is 0 Å². The van der Waals surface area contributed by atoms with Crippen LogP contribution < -0.4 is 10.1 Å². The second-order valence-corrected chi connectivity index (χ2v) is 7.87. The van der Waals surface area contributed by atoms with Gasteiger partial charge in [0.2, 0.25) is 0 Å². The van der Waals surface area contributed by atoms with E-state index in [1.807, 2.05) is 54.6 Å². The summed E-state index contributed by atoms with van der Waals surface area (Å²) in [6.45, 7) is 0. The number of thioether (sulfide) groups is 1. The molecule has 4 rings (SSSR count). The highest BCUT2D eigenvalue weighted by atomic mass is 32.2. The van der Waals surface area contributed by atoms with E-state index < -0.39 is 0 Å². The van der Waals surface area contributed by atoms with Gasteiger partial charge >= 0.3 is 0 Å². The summed E-state index contributed by atoms with van der Waals surface area (Å²) in [4.78, 5) is 20.9. The maximum Gasteiger partial charge on any atom is 0.251 e. The Kier molecular flexibility index (Phi) is 6.35. The zero-order valence-corrected chi connectivity index (χ0v) is 17.5. The molecule has 30 heavy (non-hydrogen) atoms. The summed E-state index contributed by atoms with van der Waals surface area (Å²) >= 11 is 1.75. The summed E-state index contributed by atoms with van der Waals surface area (Å²) in [6, 6.07) is 24.4. The minimum atomic E-state index is -0.183. The number of rotatable bonds is 8. The van der Waals surface area contributed by atoms with Crippen LogP contribution in [0, 0.1) is 0 Å². The lowest BCUT2D eigenvalue weighted by atomic mass is 10.1. The summed E-state index contributed by atoms with van der Waals surface area (Å²) < 4.78 is 5.80. The molecule has 1 unspecified atom stereocenters. The number of amides is 1. The van der Waals surface area contributed by atoms with Gasteiger partial charge in [0.05, 0.1) is 17.1 Å². The number of ether oxygens (including phenoxy) is 1. The first-order chi connectivity index (χ1) is 14.7. The Balaban J connectivity index is 1.47. The van der Waals surface area contributed by atoms with Gasteiger partial charge in [-0.15, -0.1) is 0 Å². The molecule has 0 aliphatic rings. The molecule has 152 valence electrons. The molecule has 0 bridgehead atoms. The number of benzene rings is 3. The second-order valence-electron chi connectivity index (χ2n) is 6.89. The maximum atomic E-state index is 12.9. The van der Waals surface area contributed by atoms with Crippen LogP contribution >= 0.6 is 11.8 Å². The number of aromatic nitrogens is 2. The fraction of sp³-hybridized carbons (Fsp3) is 0.167. The van der Waals surface area contributed by atoms with Crippen LogP contribution in [0.25, 0.3) is 11.0 Å². The molecule has 0 radical (unpaired) electrons. The first kappa shape index (κ1) is 20.0. The minimum absolute atomic E-state index is 0.132. The van der Waals surface area contributed by atoms with Gasteiger partial charge in [-0.3, -0.25) is 4.79 Å². The molecule has 3 aromatic carbocycles. The Morgan fingerprint density at radius 1 is 1.00 bits per heavy atom. The van der Waals surface area contributed by atoms with E-state index >= 15 is 0 Å². The molecule has 1 atom stereocenters. The molecule has 0 aliphatic carbocycles. The van der Waals surface area contributed by atoms with Crippen LogP contribution in [-0.2, 0) is 0 Å². The summed E-state index contributed by atoms with van der Waals surface area (Å²) in [5, 5.41) is 3.13. The third-order valence-corrected chi connectivity index (χ3v) is 5.39. The Bertz CT molecular complexity index is 1080. The Morgan fingerprint density at radius 3 is 2.43 bits per heavy atom. The standard InChI is InChI=1S/C24H23N3O2S/c1-30-16-15-22(23-25-20-9-5-6-10-21(20)26-23)27-24(28)17-11-13-19(14-12-17)29-18-7-3-2-4-8-18/h2-14,22H,15-16H2,1H3,(H,25,26)(H,27,28). The van der Waals surface area contributed by atoms with Crippen molar-refractivity contribution in [1.29, 1.82) is 0 Å². The van der Waals surface area contributed by atoms with Gasteiger partial charge < -0.3 is 15.0 Å². The second kappa shape index (κ2) is 9.50. The number of carbonyl (C=O) groups excluding carboxylic acids is 1. The van der Waals surface area contributed by atoms with Crippen LogP contribution in [0.5, 0.6) is 11.5 Å². The highest BCUT2D eigenvalue weighted by Crippen LogP contribution is 2.23. The first-order valence-corrected chi connectivity index (χ1v) is 11.2. The predicted molar refractivity (Wildman–Crippen MR) is 122 cm³/mol. The lowest BCUT2D eigenvalue weighted by Gasteiger charge is -2.16. The molecule has 0 spiro atoms. The van der Waals surface area contributed by atoms with Crippen molar-refractivity contribution in [2.75, 3.05) is 12.0 Å². The molecular weight excluding hydrogens is 394 g/mol. The molecule has 5 nitrogen and oxygen atoms in total. The van der Waals surface area contributed by atoms with Crippen LogP contribution in [-0.4, -0.2) is 27.9 Å². The van der Waals surface area contributed by atoms with Gasteiger partial charge in [0.15, 0.2) is 0 Å². The van der Waals surface area contributed by atoms with Gasteiger partial charge in [-0.2, -0.15) is 11.8 Å². The molecule has 2 N–H and O–H groups in total. The number of fused-ring (bicyclic) bond motifs is 1. The van der Waals surface area contributed by atoms with E-state index in [0.29, 0.717) is 11.3 Å². The Labute approximate surface area is 179 Å². The summed E-state index contributed by atoms with van der Waals surface area (Å²) in [7, 11) is 0. The number of imidazole rings is 1. The van der Waals surface area contributed by atoms with E-state index in [9.17, 15) is 4.79 Å². The van der Waals surface area contributed by atoms with Crippen LogP contribution in [0.15, 0.2) is 78.9 Å². The van der Waals surface area contributed by atoms with Crippen molar-refractivity contribution in [2.45, 2.75) is 12.5 Å². The van der Waals surface area contributed by atoms with Gasteiger partial charge in [-0.05, 0) is 67.0 Å². The van der Waals surface area contributed by atoms with E-state index in [1.165, 1.54) is 0 Å². The number of H-pyrrole nitrogens is 1. The lowest BCUT2D eigenvalue weighted by molar-refractivity contribution is 0.0934. The third kappa shape index (κ3) is 4.83. The van der Waals surface area contributed by atoms with Gasteiger partial charge in [0, 0.05) is 5.56 Å². The average Bonchev–Trinajstić information content (AvgIpc) is 3.22. The highest BCUT2D eigenvalue weighted by molar-refractivity contribution is 7.98. The fourth-order valence-electron chi connectivity index (χ4n) is 3.19. The zero-order chi connectivity index (χ0) is 20.8. The normalized spacial score (nSPS) is 11.9. The molecule has 0 saturated carbocycles. The van der Waals surface area contributed by atoms with Crippen molar-refractivity contribution in [2.24, 2.45) is 0 Å². The minimum Gasteiger partial charge on any atom is -0.457 e. The van der Waals surface area contributed by atoms with Gasteiger partial charge in [0.25, 0.3) is 5.91 Å². The molecular formula is C24H23N3O2S. The van der Waals surface area contributed by atoms with E-state index in [1.54, 1.807) is 36.0 Å². The number of hydrogen-bond acceptors (Lipinski definition) is 4. The van der Waals surface area contributed by atoms with Crippen molar-refractivity contribution in [3.63, 3.8) is 0 Å². The van der Waals surface area contributed by atoms with Crippen LogP contribution in [0.1, 0.15) is 28.6 Å². The van der Waals surface area contributed by atoms with E-state index in [0.717, 1.165) is 34.8 Å². The van der Waals surface area contributed by atoms with Crippen LogP contribution in [0.2, 0.25) is 0 Å². The van der Waals surface area contributed by atoms with Crippen molar-refractivity contribution in [1.82, 2.24) is 15.3 Å². The van der Waals surface area contributed by atoms with Gasteiger partial charge in [0.1, 0.15) is 17.3 Å². The molecule has 0 saturated heterocycles. The number of aromatic amines is 1. The summed E-state index contributed by atoms with van der Waals surface area (Å²) in [5.74, 6) is 3.02. The quantitative estimate of drug-likeness (QED) is 0.393. The van der Waals surface area contributed by atoms with E-state index in [2.05, 4.69) is 21.5 Å². The van der Waals surface area contributed by atoms with Crippen molar-refractivity contribution in [3.8, 4) is 11.5 Å². The number of para-hydroxylation sites is 3. The molecule has 4 aromatic rings. The number of carbonyl (C=O) groups is 1. The molecule has 1 amide bonds. The number of nitrogens with one attached hydrogen (secondary N) is 2. The monoisotopic (exact) mass is 417 g/mol. The molecule has 1 heterocycles. The summed E-state index contributed by atoms with van der Waals surface area (Å²) in [5.41, 5.74) is 2.46. The topological polar surface area (TPSA) is 67.0 Å². The molecule has 1 aromatic heterocycles. The van der Waals surface area contributed by atoms with E-state index in [-0.39, 0.29) is 11.9 Å². The van der Waals surface area contributed by atoms with Crippen molar-refractivity contribution < 1.29 is 9.53 Å². The maximum absolute atomic E-state index is 12.9. The zero-order valence-electron chi connectivity index (χ0n) is 16.7. The van der Waals surface area contributed by atoms with Crippen LogP contribution in [0.3, 0.4) is 0 Å². The van der Waals surface area contributed by atoms with E-state index in [4.69, 9.17) is 4.74 Å². The summed E-state index contributed by atoms with van der Waals surface area (Å²) in [6.07, 6.45) is 2.85. The molecule has 6 heteroatoms. The first-order valence-electron chi connectivity index (χ1n) is 9.80. The largest absolute Gasteiger partial charge is 0.457 e. The van der Waals surface area contributed by atoms with Gasteiger partial charge in [-0.25, -0.2) is 4.98 Å². The fourth-order valence-corrected chi connectivity index (χ4v) is 3.66. The Hall–Kier alpha value is -3.25. The average molecular weight is 418 g/mol. The highest BCUT2D eigenvalue weighted by Gasteiger charge is 2.19. The third-order valence-electron chi connectivity index (χ3n) is 4.75. The lowest BCUT2D eigenvalue weighted by Crippen LogP contribution is -2.29.